The Kier molecular flexibility index (Phi) is 4.29. The predicted molar refractivity (Wildman–Crippen MR) is 46.4 cm³/mol. The SMILES string of the molecule is C=C/C=C(/NC)C(C)=NC. The topological polar surface area (TPSA) is 24.4 Å². The van der Waals surface area contributed by atoms with E-state index >= 15 is 0 Å². The van der Waals surface area contributed by atoms with Crippen molar-refractivity contribution in [3.05, 3.63) is 24.4 Å². The Bertz CT molecular complexity index is 166. The molecule has 2 heteroatoms. The molecule has 0 spiro atoms. The summed E-state index contributed by atoms with van der Waals surface area (Å²) < 4.78 is 0. The Hall–Kier alpha value is -1.05. The zero-order valence-electron chi connectivity index (χ0n) is 6.81. The molecule has 0 saturated carbocycles. The number of nitrogens with one attached hydrogen (secondary N) is 1. The molecule has 0 amide bonds. The monoisotopic (exact) mass is 138 g/mol. The Balaban J connectivity index is 4.35. The van der Waals surface area contributed by atoms with Gasteiger partial charge < -0.3 is 5.32 Å². The maximum Gasteiger partial charge on any atom is 0.0548 e. The summed E-state index contributed by atoms with van der Waals surface area (Å²) in [5.41, 5.74) is 2.00. The fourth-order valence-electron chi connectivity index (χ4n) is 0.623. The molecule has 2 nitrogen and oxygen atoms in total. The molecule has 10 heavy (non-hydrogen) atoms. The Morgan fingerprint density at radius 1 is 1.60 bits per heavy atom. The zero-order valence-corrected chi connectivity index (χ0v) is 6.81. The summed E-state index contributed by atoms with van der Waals surface area (Å²) in [6.07, 6.45) is 3.63. The molecule has 0 fully saturated rings. The highest BCUT2D eigenvalue weighted by molar-refractivity contribution is 5.97. The fourth-order valence-corrected chi connectivity index (χ4v) is 0.623. The van der Waals surface area contributed by atoms with Crippen molar-refractivity contribution in [2.75, 3.05) is 14.1 Å². The minimum Gasteiger partial charge on any atom is -0.387 e. The third-order valence-corrected chi connectivity index (χ3v) is 1.28. The van der Waals surface area contributed by atoms with Gasteiger partial charge >= 0.3 is 0 Å². The van der Waals surface area contributed by atoms with Crippen LogP contribution in [0.5, 0.6) is 0 Å². The van der Waals surface area contributed by atoms with Crippen molar-refractivity contribution in [1.29, 1.82) is 0 Å². The number of rotatable bonds is 3. The first-order chi connectivity index (χ1) is 4.76. The average Bonchev–Trinajstić information content (AvgIpc) is 1.99. The number of hydrogen-bond acceptors (Lipinski definition) is 2. The van der Waals surface area contributed by atoms with Crippen LogP contribution in [0.1, 0.15) is 6.92 Å². The van der Waals surface area contributed by atoms with Gasteiger partial charge in [-0.05, 0) is 13.0 Å². The molecular weight excluding hydrogens is 124 g/mol. The van der Waals surface area contributed by atoms with Gasteiger partial charge in [-0.3, -0.25) is 4.99 Å². The van der Waals surface area contributed by atoms with E-state index in [2.05, 4.69) is 16.9 Å². The van der Waals surface area contributed by atoms with Crippen LogP contribution in [0.3, 0.4) is 0 Å². The van der Waals surface area contributed by atoms with Gasteiger partial charge in [0.05, 0.1) is 11.4 Å². The van der Waals surface area contributed by atoms with E-state index in [1.165, 1.54) is 0 Å². The van der Waals surface area contributed by atoms with Gasteiger partial charge in [0, 0.05) is 14.1 Å². The number of nitrogens with zero attached hydrogens (tertiary/aromatic N) is 1. The van der Waals surface area contributed by atoms with E-state index in [-0.39, 0.29) is 0 Å². The van der Waals surface area contributed by atoms with Crippen LogP contribution in [-0.2, 0) is 0 Å². The lowest BCUT2D eigenvalue weighted by Gasteiger charge is -2.02. The minimum atomic E-state index is 0.988. The van der Waals surface area contributed by atoms with Crippen LogP contribution in [0.15, 0.2) is 29.4 Å². The van der Waals surface area contributed by atoms with E-state index in [4.69, 9.17) is 0 Å². The van der Waals surface area contributed by atoms with Crippen molar-refractivity contribution in [3.63, 3.8) is 0 Å². The van der Waals surface area contributed by atoms with E-state index < -0.39 is 0 Å². The van der Waals surface area contributed by atoms with Crippen LogP contribution in [0.25, 0.3) is 0 Å². The molecule has 0 atom stereocenters. The molecule has 0 aromatic heterocycles. The van der Waals surface area contributed by atoms with E-state index in [0.717, 1.165) is 11.4 Å². The third kappa shape index (κ3) is 2.49. The first-order valence-electron chi connectivity index (χ1n) is 3.20. The smallest absolute Gasteiger partial charge is 0.0548 e. The van der Waals surface area contributed by atoms with Crippen molar-refractivity contribution >= 4 is 5.71 Å². The lowest BCUT2D eigenvalue weighted by atomic mass is 10.3. The van der Waals surface area contributed by atoms with Gasteiger partial charge in [0.15, 0.2) is 0 Å². The van der Waals surface area contributed by atoms with Crippen LogP contribution in [-0.4, -0.2) is 19.8 Å². The summed E-state index contributed by atoms with van der Waals surface area (Å²) in [7, 11) is 3.63. The highest BCUT2D eigenvalue weighted by atomic mass is 14.9. The molecule has 0 aliphatic heterocycles. The minimum absolute atomic E-state index is 0.988. The van der Waals surface area contributed by atoms with Gasteiger partial charge in [0.25, 0.3) is 0 Å². The Labute approximate surface area is 62.4 Å². The average molecular weight is 138 g/mol. The summed E-state index contributed by atoms with van der Waals surface area (Å²) in [5, 5.41) is 3.01. The quantitative estimate of drug-likeness (QED) is 0.462. The van der Waals surface area contributed by atoms with E-state index in [1.807, 2.05) is 20.0 Å². The highest BCUT2D eigenvalue weighted by Gasteiger charge is 1.93. The predicted octanol–water partition coefficient (Wildman–Crippen LogP) is 1.37. The van der Waals surface area contributed by atoms with Crippen molar-refractivity contribution in [2.45, 2.75) is 6.92 Å². The summed E-state index contributed by atoms with van der Waals surface area (Å²) in [5.74, 6) is 0. The van der Waals surface area contributed by atoms with E-state index in [0.29, 0.717) is 0 Å². The second-order valence-electron chi connectivity index (χ2n) is 1.88. The molecule has 0 radical (unpaired) electrons. The summed E-state index contributed by atoms with van der Waals surface area (Å²) in [6, 6.07) is 0. The third-order valence-electron chi connectivity index (χ3n) is 1.28. The largest absolute Gasteiger partial charge is 0.387 e. The molecular formula is C8H14N2. The lowest BCUT2D eigenvalue weighted by molar-refractivity contribution is 1.05. The van der Waals surface area contributed by atoms with Gasteiger partial charge in [-0.1, -0.05) is 12.7 Å². The van der Waals surface area contributed by atoms with Gasteiger partial charge in [-0.25, -0.2) is 0 Å². The summed E-state index contributed by atoms with van der Waals surface area (Å²) in [6.45, 7) is 5.54. The number of allylic oxidation sites excluding steroid dienone is 3. The molecule has 1 N–H and O–H groups in total. The maximum absolute atomic E-state index is 4.02. The zero-order chi connectivity index (χ0) is 7.98. The van der Waals surface area contributed by atoms with Crippen molar-refractivity contribution < 1.29 is 0 Å². The summed E-state index contributed by atoms with van der Waals surface area (Å²) in [4.78, 5) is 4.02. The van der Waals surface area contributed by atoms with Gasteiger partial charge in [0.1, 0.15) is 0 Å². The normalized spacial score (nSPS) is 13.1. The number of hydrogen-bond donors (Lipinski definition) is 1. The molecule has 0 heterocycles. The fraction of sp³-hybridized carbons (Fsp3) is 0.375. The second-order valence-corrected chi connectivity index (χ2v) is 1.88. The van der Waals surface area contributed by atoms with Crippen LogP contribution >= 0.6 is 0 Å². The van der Waals surface area contributed by atoms with Gasteiger partial charge in [-0.15, -0.1) is 0 Å². The lowest BCUT2D eigenvalue weighted by Crippen LogP contribution is -2.12. The van der Waals surface area contributed by atoms with Crippen molar-refractivity contribution in [1.82, 2.24) is 5.32 Å². The van der Waals surface area contributed by atoms with Crippen LogP contribution < -0.4 is 5.32 Å². The Morgan fingerprint density at radius 3 is 2.50 bits per heavy atom. The molecule has 0 aliphatic rings. The molecule has 56 valence electrons. The molecule has 0 aromatic carbocycles. The standard InChI is InChI=1S/C8H14N2/c1-5-6-8(10-4)7(2)9-3/h5-6,10H,1H2,2-4H3/b8-6+,9-7?. The number of aliphatic imine (C=N–C) groups is 1. The van der Waals surface area contributed by atoms with Crippen LogP contribution in [0.4, 0.5) is 0 Å². The van der Waals surface area contributed by atoms with Crippen LogP contribution in [0.2, 0.25) is 0 Å². The van der Waals surface area contributed by atoms with Crippen molar-refractivity contribution in [3.8, 4) is 0 Å². The second kappa shape index (κ2) is 4.79. The molecule has 0 unspecified atom stereocenters. The maximum atomic E-state index is 4.02. The van der Waals surface area contributed by atoms with Gasteiger partial charge in [0.2, 0.25) is 0 Å². The first-order valence-corrected chi connectivity index (χ1v) is 3.20. The highest BCUT2D eigenvalue weighted by Crippen LogP contribution is 1.91. The molecule has 0 saturated heterocycles. The van der Waals surface area contributed by atoms with E-state index in [1.54, 1.807) is 13.1 Å². The van der Waals surface area contributed by atoms with Gasteiger partial charge in [-0.2, -0.15) is 0 Å². The molecule has 0 bridgehead atoms. The van der Waals surface area contributed by atoms with E-state index in [9.17, 15) is 0 Å². The van der Waals surface area contributed by atoms with Crippen molar-refractivity contribution in [2.24, 2.45) is 4.99 Å². The summed E-state index contributed by atoms with van der Waals surface area (Å²) >= 11 is 0. The van der Waals surface area contributed by atoms with Crippen LogP contribution in [0, 0.1) is 0 Å². The molecule has 0 aromatic rings. The molecule has 0 rings (SSSR count). The molecule has 0 aliphatic carbocycles. The first kappa shape index (κ1) is 8.95. The Morgan fingerprint density at radius 2 is 2.20 bits per heavy atom.